The lowest BCUT2D eigenvalue weighted by atomic mass is 9.81. The van der Waals surface area contributed by atoms with Crippen molar-refractivity contribution in [1.29, 1.82) is 0 Å². The molecule has 24 heteroatoms. The first-order valence-corrected chi connectivity index (χ1v) is 31.0. The van der Waals surface area contributed by atoms with E-state index in [0.717, 1.165) is 10.5 Å². The maximum absolute atomic E-state index is 14.7. The summed E-state index contributed by atoms with van der Waals surface area (Å²) in [6, 6.07) is 2.86. The predicted octanol–water partition coefficient (Wildman–Crippen LogP) is 5.40. The van der Waals surface area contributed by atoms with Crippen molar-refractivity contribution in [3.8, 4) is 0 Å². The SMILES string of the molecule is C=CC[C@@H]1/C=C(\C)C[C@H](C)C[C@H](OC)[C@H]2O[C@@](O)(C(=O)C(=O)N3CCCC[C@H]3C(=O)O[C@H](/C(C)=C/C3CC[C@@H](OCNC(=O)OCc4ccc(NC(=O)[C@H](CCCNC(N)=O)NC(=O)[C@@H](N)C(C)C)cc4)[C@H](OC)C3)[C@H](C)[C@@H](O)CC1=O)[C@H](C)C[C@@H]2OC. The van der Waals surface area contributed by atoms with Gasteiger partial charge >= 0.3 is 18.1 Å². The molecule has 1 aliphatic carbocycles. The van der Waals surface area contributed by atoms with Crippen molar-refractivity contribution < 1.29 is 81.7 Å². The van der Waals surface area contributed by atoms with E-state index in [1.165, 1.54) is 14.2 Å². The molecular weight excluding hydrogens is 1140 g/mol. The van der Waals surface area contributed by atoms with E-state index in [2.05, 4.69) is 27.8 Å². The summed E-state index contributed by atoms with van der Waals surface area (Å²) in [4.78, 5) is 109. The van der Waals surface area contributed by atoms with Crippen LogP contribution in [0, 0.1) is 35.5 Å². The van der Waals surface area contributed by atoms with Crippen LogP contribution in [0.3, 0.4) is 0 Å². The van der Waals surface area contributed by atoms with Gasteiger partial charge in [0.05, 0.1) is 36.6 Å². The number of primary amides is 1. The normalized spacial score (nSPS) is 31.1. The number of ether oxygens (including phenoxy) is 7. The molecular formula is C64H99N7O17. The molecule has 3 heterocycles. The van der Waals surface area contributed by atoms with Gasteiger partial charge in [0.1, 0.15) is 43.4 Å². The Labute approximate surface area is 518 Å². The molecule has 0 radical (unpaired) electrons. The number of cyclic esters (lactones) is 1. The molecule has 0 spiro atoms. The maximum Gasteiger partial charge on any atom is 0.409 e. The number of urea groups is 1. The highest BCUT2D eigenvalue weighted by molar-refractivity contribution is 6.39. The number of carbonyl (C=O) groups is 8. The van der Waals surface area contributed by atoms with Gasteiger partial charge in [-0.3, -0.25) is 29.3 Å². The standard InChI is InChI=1S/C64H99N7O17/c1-12-16-44-28-37(4)27-38(5)29-52(83-10)56-53(84-11)31-40(7)64(81,88-56)57(74)60(77)71-26-14-13-18-47(71)61(78)87-55(41(8)48(72)33-49(44)73)39(6)30-43-21-24-50(51(32-43)82-9)86-35-68-63(80)85-34-42-19-22-45(23-20-42)69-58(75)46(17-15-25-67-62(66)79)70-59(76)54(65)36(2)3/h12,19-20,22-23,28,30,36,38,40-41,43-44,46-48,50-56,72,81H,1,13-18,21,24-27,29,31-35,65H2,2-11H3,(H,68,80)(H,69,75)(H,70,76)(H3,66,67,79)/b37-28+,39-30+/t38-,40+,41+,43?,44+,46-,47-,48-,50+,51+,52-,53-,54-,55+,56+,64+/m0/s1. The topological polar surface area (TPSA) is 345 Å². The van der Waals surface area contributed by atoms with Gasteiger partial charge in [-0.1, -0.05) is 70.6 Å². The number of aliphatic hydroxyl groups is 2. The highest BCUT2D eigenvalue weighted by atomic mass is 16.7. The molecule has 1 aromatic rings. The Morgan fingerprint density at radius 2 is 1.58 bits per heavy atom. The average Bonchev–Trinajstić information content (AvgIpc) is 1.25. The molecule has 1 aromatic carbocycles. The van der Waals surface area contributed by atoms with Gasteiger partial charge in [0, 0.05) is 64.3 Å². The first-order valence-electron chi connectivity index (χ1n) is 31.0. The number of amides is 6. The van der Waals surface area contributed by atoms with Crippen LogP contribution in [0.5, 0.6) is 0 Å². The number of alkyl carbamates (subject to hydrolysis) is 1. The molecule has 1 saturated carbocycles. The molecule has 16 atom stereocenters. The number of hydrogen-bond acceptors (Lipinski definition) is 18. The third-order valence-corrected chi connectivity index (χ3v) is 17.6. The fourth-order valence-electron chi connectivity index (χ4n) is 12.3. The smallest absolute Gasteiger partial charge is 0.409 e. The van der Waals surface area contributed by atoms with Crippen LogP contribution in [0.4, 0.5) is 15.3 Å². The number of piperidine rings is 1. The summed E-state index contributed by atoms with van der Waals surface area (Å²) in [6.07, 6.45) is 3.85. The van der Waals surface area contributed by atoms with Crippen LogP contribution in [-0.4, -0.2) is 170 Å². The van der Waals surface area contributed by atoms with Gasteiger partial charge in [-0.25, -0.2) is 14.4 Å². The van der Waals surface area contributed by atoms with Crippen LogP contribution in [0.15, 0.2) is 60.2 Å². The Kier molecular flexibility index (Phi) is 28.7. The fraction of sp³-hybridized carbons (Fsp3) is 0.688. The van der Waals surface area contributed by atoms with Crippen molar-refractivity contribution >= 4 is 53.1 Å². The van der Waals surface area contributed by atoms with Crippen molar-refractivity contribution in [3.05, 3.63) is 65.8 Å². The van der Waals surface area contributed by atoms with Crippen molar-refractivity contribution in [2.75, 3.05) is 46.5 Å². The molecule has 2 bridgehead atoms. The third kappa shape index (κ3) is 20.5. The van der Waals surface area contributed by atoms with Gasteiger partial charge in [-0.2, -0.15) is 0 Å². The highest BCUT2D eigenvalue weighted by Crippen LogP contribution is 2.40. The molecule has 0 aromatic heterocycles. The van der Waals surface area contributed by atoms with Gasteiger partial charge < -0.3 is 75.7 Å². The van der Waals surface area contributed by atoms with Gasteiger partial charge in [0.15, 0.2) is 0 Å². The molecule has 24 nitrogen and oxygen atoms in total. The Hall–Kier alpha value is -6.12. The molecule has 3 aliphatic heterocycles. The molecule has 492 valence electrons. The van der Waals surface area contributed by atoms with Crippen LogP contribution in [0.1, 0.15) is 138 Å². The minimum absolute atomic E-state index is 0.0318. The van der Waals surface area contributed by atoms with E-state index in [-0.39, 0.29) is 75.6 Å². The Morgan fingerprint density at radius 1 is 0.898 bits per heavy atom. The summed E-state index contributed by atoms with van der Waals surface area (Å²) in [5.74, 6) is -9.54. The lowest BCUT2D eigenvalue weighted by Gasteiger charge is -2.47. The number of allylic oxidation sites excluding steroid dienone is 4. The molecule has 6 amide bonds. The quantitative estimate of drug-likeness (QED) is 0.0251. The number of methoxy groups -OCH3 is 3. The van der Waals surface area contributed by atoms with E-state index in [9.17, 15) is 48.6 Å². The Balaban J connectivity index is 1.26. The number of carbonyl (C=O) groups excluding carboxylic acids is 8. The largest absolute Gasteiger partial charge is 0.456 e. The van der Waals surface area contributed by atoms with Crippen molar-refractivity contribution in [3.63, 3.8) is 0 Å². The van der Waals surface area contributed by atoms with Crippen molar-refractivity contribution in [2.24, 2.45) is 47.0 Å². The van der Waals surface area contributed by atoms with E-state index < -0.39 is 126 Å². The first kappa shape index (κ1) is 72.6. The molecule has 5 rings (SSSR count). The number of rotatable bonds is 21. The van der Waals surface area contributed by atoms with Crippen LogP contribution >= 0.6 is 0 Å². The number of fused-ring (bicyclic) bond motifs is 3. The zero-order valence-corrected chi connectivity index (χ0v) is 53.1. The lowest BCUT2D eigenvalue weighted by molar-refractivity contribution is -0.302. The number of aliphatic hydroxyl groups excluding tert-OH is 1. The van der Waals surface area contributed by atoms with Crippen molar-refractivity contribution in [1.82, 2.24) is 20.9 Å². The van der Waals surface area contributed by atoms with E-state index in [1.54, 1.807) is 72.1 Å². The highest BCUT2D eigenvalue weighted by Gasteiger charge is 2.57. The number of nitrogens with zero attached hydrogens (tertiary/aromatic N) is 1. The third-order valence-electron chi connectivity index (χ3n) is 17.6. The second-order valence-electron chi connectivity index (χ2n) is 24.8. The number of ketones is 2. The van der Waals surface area contributed by atoms with Crippen LogP contribution in [-0.2, 0) is 68.5 Å². The summed E-state index contributed by atoms with van der Waals surface area (Å²) in [5.41, 5.74) is 13.7. The molecule has 3 fully saturated rings. The number of benzene rings is 1. The zero-order valence-electron chi connectivity index (χ0n) is 53.1. The Morgan fingerprint density at radius 3 is 2.23 bits per heavy atom. The summed E-state index contributed by atoms with van der Waals surface area (Å²) >= 11 is 0. The summed E-state index contributed by atoms with van der Waals surface area (Å²) in [6.45, 7) is 16.5. The molecule has 88 heavy (non-hydrogen) atoms. The molecule has 2 saturated heterocycles. The van der Waals surface area contributed by atoms with E-state index in [0.29, 0.717) is 74.6 Å². The number of nitrogens with two attached hydrogens (primary N) is 2. The van der Waals surface area contributed by atoms with Gasteiger partial charge in [0.2, 0.25) is 17.6 Å². The number of Topliss-reactive ketones (excluding diaryl/α,β-unsaturated/α-hetero) is 2. The number of hydrogen-bond donors (Lipinski definition) is 8. The van der Waals surface area contributed by atoms with Gasteiger partial charge in [0.25, 0.3) is 11.7 Å². The van der Waals surface area contributed by atoms with E-state index in [1.807, 2.05) is 26.0 Å². The summed E-state index contributed by atoms with van der Waals surface area (Å²) in [5, 5.41) is 34.7. The van der Waals surface area contributed by atoms with E-state index >= 15 is 0 Å². The molecule has 4 aliphatic rings. The lowest BCUT2D eigenvalue weighted by Crippen LogP contribution is -2.64. The van der Waals surface area contributed by atoms with E-state index in [4.69, 9.17) is 44.6 Å². The van der Waals surface area contributed by atoms with Crippen LogP contribution in [0.25, 0.3) is 0 Å². The number of nitrogens with one attached hydrogen (secondary N) is 4. The van der Waals surface area contributed by atoms with Gasteiger partial charge in [-0.05, 0) is 132 Å². The first-order chi connectivity index (χ1) is 41.7. The predicted molar refractivity (Wildman–Crippen MR) is 326 cm³/mol. The second-order valence-corrected chi connectivity index (χ2v) is 24.8. The average molecular weight is 1240 g/mol. The summed E-state index contributed by atoms with van der Waals surface area (Å²) < 4.78 is 41.9. The fourth-order valence-corrected chi connectivity index (χ4v) is 12.3. The van der Waals surface area contributed by atoms with Gasteiger partial charge in [-0.15, -0.1) is 6.58 Å². The minimum atomic E-state index is -2.57. The number of esters is 1. The van der Waals surface area contributed by atoms with Crippen molar-refractivity contribution in [2.45, 2.75) is 205 Å². The monoisotopic (exact) mass is 1240 g/mol. The number of anilines is 1. The van der Waals surface area contributed by atoms with Crippen LogP contribution < -0.4 is 32.7 Å². The molecule has 1 unspecified atom stereocenters. The Bertz CT molecular complexity index is 2600. The molecule has 10 N–H and O–H groups in total. The maximum atomic E-state index is 14.7. The second kappa shape index (κ2) is 34.7. The van der Waals surface area contributed by atoms with Crippen LogP contribution in [0.2, 0.25) is 0 Å². The summed E-state index contributed by atoms with van der Waals surface area (Å²) in [7, 11) is 4.58. The minimum Gasteiger partial charge on any atom is -0.456 e. The zero-order chi connectivity index (χ0) is 65.0.